The number of hydrogen-bond acceptors (Lipinski definition) is 4. The fourth-order valence-electron chi connectivity index (χ4n) is 4.30. The Bertz CT molecular complexity index is 857. The molecule has 1 saturated heterocycles. The molecule has 2 amide bonds. The standard InChI is InChI=1S/C25H33N3O3/c1-18(2)23(24(29)31-17-20-10-6-5-7-11-20)27(4)25(30)28-15-13-19(3)22(28)16-21-12-8-9-14-26-21/h5-12,14,18-19,22-23H,13,15-17H2,1-4H3/t19?,22?,23-/m0/s1. The zero-order chi connectivity index (χ0) is 22.4. The lowest BCUT2D eigenvalue weighted by Gasteiger charge is -2.35. The van der Waals surface area contributed by atoms with E-state index >= 15 is 0 Å². The molecule has 2 aromatic rings. The van der Waals surface area contributed by atoms with Gasteiger partial charge in [-0.05, 0) is 36.0 Å². The smallest absolute Gasteiger partial charge is 0.329 e. The first kappa shape index (κ1) is 22.8. The average molecular weight is 424 g/mol. The molecule has 1 aromatic heterocycles. The van der Waals surface area contributed by atoms with E-state index < -0.39 is 6.04 Å². The van der Waals surface area contributed by atoms with E-state index in [0.717, 1.165) is 17.7 Å². The fourth-order valence-corrected chi connectivity index (χ4v) is 4.30. The van der Waals surface area contributed by atoms with Crippen molar-refractivity contribution in [2.45, 2.75) is 52.3 Å². The van der Waals surface area contributed by atoms with E-state index in [4.69, 9.17) is 4.74 Å². The van der Waals surface area contributed by atoms with Gasteiger partial charge < -0.3 is 14.5 Å². The molecule has 1 aromatic carbocycles. The number of hydrogen-bond donors (Lipinski definition) is 0. The number of amides is 2. The number of benzene rings is 1. The zero-order valence-electron chi connectivity index (χ0n) is 18.9. The van der Waals surface area contributed by atoms with E-state index in [1.54, 1.807) is 18.1 Å². The van der Waals surface area contributed by atoms with Gasteiger partial charge in [-0.15, -0.1) is 0 Å². The molecule has 1 aliphatic heterocycles. The van der Waals surface area contributed by atoms with Crippen molar-refractivity contribution in [2.24, 2.45) is 11.8 Å². The summed E-state index contributed by atoms with van der Waals surface area (Å²) in [6.45, 7) is 6.95. The Morgan fingerprint density at radius 1 is 1.16 bits per heavy atom. The molecule has 0 radical (unpaired) electrons. The first-order valence-corrected chi connectivity index (χ1v) is 11.0. The summed E-state index contributed by atoms with van der Waals surface area (Å²) in [6.07, 6.45) is 3.44. The summed E-state index contributed by atoms with van der Waals surface area (Å²) in [5.74, 6) is -0.0587. The van der Waals surface area contributed by atoms with Crippen molar-refractivity contribution in [2.75, 3.05) is 13.6 Å². The summed E-state index contributed by atoms with van der Waals surface area (Å²) < 4.78 is 5.57. The zero-order valence-corrected chi connectivity index (χ0v) is 18.9. The highest BCUT2D eigenvalue weighted by molar-refractivity contribution is 5.84. The number of pyridine rings is 1. The van der Waals surface area contributed by atoms with E-state index in [2.05, 4.69) is 11.9 Å². The number of carbonyl (C=O) groups is 2. The summed E-state index contributed by atoms with van der Waals surface area (Å²) >= 11 is 0. The Labute approximate surface area is 185 Å². The first-order valence-electron chi connectivity index (χ1n) is 11.0. The minimum Gasteiger partial charge on any atom is -0.459 e. The third kappa shape index (κ3) is 5.63. The molecule has 2 heterocycles. The quantitative estimate of drug-likeness (QED) is 0.628. The highest BCUT2D eigenvalue weighted by Crippen LogP contribution is 2.28. The lowest BCUT2D eigenvalue weighted by atomic mass is 9.98. The van der Waals surface area contributed by atoms with Gasteiger partial charge in [0.2, 0.25) is 0 Å². The third-order valence-electron chi connectivity index (χ3n) is 6.09. The van der Waals surface area contributed by atoms with Crippen LogP contribution in [0.3, 0.4) is 0 Å². The molecule has 31 heavy (non-hydrogen) atoms. The van der Waals surface area contributed by atoms with Crippen LogP contribution in [-0.4, -0.2) is 52.5 Å². The van der Waals surface area contributed by atoms with Crippen LogP contribution in [0.5, 0.6) is 0 Å². The molecule has 0 aliphatic carbocycles. The first-order chi connectivity index (χ1) is 14.9. The molecule has 1 aliphatic rings. The molecule has 6 heteroatoms. The molecule has 0 bridgehead atoms. The number of likely N-dealkylation sites (N-methyl/N-ethyl adjacent to an activating group) is 1. The van der Waals surface area contributed by atoms with Crippen LogP contribution in [0.2, 0.25) is 0 Å². The van der Waals surface area contributed by atoms with Crippen molar-refractivity contribution in [3.05, 3.63) is 66.0 Å². The Morgan fingerprint density at radius 3 is 2.52 bits per heavy atom. The van der Waals surface area contributed by atoms with Crippen molar-refractivity contribution in [3.8, 4) is 0 Å². The van der Waals surface area contributed by atoms with Crippen molar-refractivity contribution >= 4 is 12.0 Å². The monoisotopic (exact) mass is 423 g/mol. The fraction of sp³-hybridized carbons (Fsp3) is 0.480. The molecule has 0 N–H and O–H groups in total. The average Bonchev–Trinajstić information content (AvgIpc) is 3.13. The second kappa shape index (κ2) is 10.4. The maximum atomic E-state index is 13.4. The van der Waals surface area contributed by atoms with Gasteiger partial charge in [0.1, 0.15) is 12.6 Å². The van der Waals surface area contributed by atoms with Gasteiger partial charge in [-0.1, -0.05) is 57.2 Å². The number of rotatable bonds is 7. The molecule has 6 nitrogen and oxygen atoms in total. The minimum absolute atomic E-state index is 0.0634. The Morgan fingerprint density at radius 2 is 1.87 bits per heavy atom. The van der Waals surface area contributed by atoms with Gasteiger partial charge in [0.05, 0.1) is 0 Å². The van der Waals surface area contributed by atoms with Crippen LogP contribution >= 0.6 is 0 Å². The Kier molecular flexibility index (Phi) is 7.66. The Balaban J connectivity index is 1.69. The SMILES string of the molecule is CC1CCN(C(=O)N(C)[C@H](C(=O)OCc2ccccc2)C(C)C)C1Cc1ccccn1. The third-order valence-corrected chi connectivity index (χ3v) is 6.09. The molecule has 0 spiro atoms. The summed E-state index contributed by atoms with van der Waals surface area (Å²) in [5.41, 5.74) is 1.90. The molecule has 3 atom stereocenters. The summed E-state index contributed by atoms with van der Waals surface area (Å²) in [7, 11) is 1.71. The van der Waals surface area contributed by atoms with Crippen molar-refractivity contribution in [1.29, 1.82) is 0 Å². The highest BCUT2D eigenvalue weighted by Gasteiger charge is 2.40. The number of aromatic nitrogens is 1. The van der Waals surface area contributed by atoms with E-state index in [-0.39, 0.29) is 30.6 Å². The van der Waals surface area contributed by atoms with Gasteiger partial charge >= 0.3 is 12.0 Å². The lowest BCUT2D eigenvalue weighted by Crippen LogP contribution is -2.53. The predicted octanol–water partition coefficient (Wildman–Crippen LogP) is 4.15. The normalized spacial score (nSPS) is 19.3. The number of carbonyl (C=O) groups excluding carboxylic acids is 2. The molecular weight excluding hydrogens is 390 g/mol. The van der Waals surface area contributed by atoms with Gasteiger partial charge in [0.25, 0.3) is 0 Å². The van der Waals surface area contributed by atoms with Gasteiger partial charge in [-0.3, -0.25) is 4.98 Å². The van der Waals surface area contributed by atoms with Crippen LogP contribution in [0, 0.1) is 11.8 Å². The van der Waals surface area contributed by atoms with Crippen LogP contribution in [-0.2, 0) is 22.6 Å². The Hall–Kier alpha value is -2.89. The maximum Gasteiger partial charge on any atom is 0.329 e. The summed E-state index contributed by atoms with van der Waals surface area (Å²) in [5, 5.41) is 0. The number of nitrogens with zero attached hydrogens (tertiary/aromatic N) is 3. The van der Waals surface area contributed by atoms with E-state index in [9.17, 15) is 9.59 Å². The largest absolute Gasteiger partial charge is 0.459 e. The van der Waals surface area contributed by atoms with Crippen LogP contribution in [0.15, 0.2) is 54.7 Å². The van der Waals surface area contributed by atoms with Crippen LogP contribution < -0.4 is 0 Å². The summed E-state index contributed by atoms with van der Waals surface area (Å²) in [6, 6.07) is 14.7. The number of esters is 1. The number of urea groups is 1. The van der Waals surface area contributed by atoms with Crippen molar-refractivity contribution in [1.82, 2.24) is 14.8 Å². The minimum atomic E-state index is -0.636. The van der Waals surface area contributed by atoms with Crippen molar-refractivity contribution < 1.29 is 14.3 Å². The van der Waals surface area contributed by atoms with Gasteiger partial charge in [0.15, 0.2) is 0 Å². The molecular formula is C25H33N3O3. The second-order valence-electron chi connectivity index (χ2n) is 8.73. The van der Waals surface area contributed by atoms with Crippen LogP contribution in [0.25, 0.3) is 0 Å². The van der Waals surface area contributed by atoms with Crippen LogP contribution in [0.1, 0.15) is 38.4 Å². The number of likely N-dealkylation sites (tertiary alicyclic amines) is 1. The van der Waals surface area contributed by atoms with Gasteiger partial charge in [0, 0.05) is 37.9 Å². The molecule has 166 valence electrons. The second-order valence-corrected chi connectivity index (χ2v) is 8.73. The molecule has 2 unspecified atom stereocenters. The topological polar surface area (TPSA) is 62.7 Å². The molecule has 0 saturated carbocycles. The van der Waals surface area contributed by atoms with E-state index in [0.29, 0.717) is 18.9 Å². The number of ether oxygens (including phenoxy) is 1. The van der Waals surface area contributed by atoms with Gasteiger partial charge in [-0.25, -0.2) is 9.59 Å². The van der Waals surface area contributed by atoms with E-state index in [1.807, 2.05) is 67.3 Å². The van der Waals surface area contributed by atoms with Crippen LogP contribution in [0.4, 0.5) is 4.79 Å². The van der Waals surface area contributed by atoms with Gasteiger partial charge in [-0.2, -0.15) is 0 Å². The maximum absolute atomic E-state index is 13.4. The lowest BCUT2D eigenvalue weighted by molar-refractivity contribution is -0.151. The molecule has 1 fully saturated rings. The molecule has 3 rings (SSSR count). The predicted molar refractivity (Wildman–Crippen MR) is 120 cm³/mol. The van der Waals surface area contributed by atoms with Crippen molar-refractivity contribution in [3.63, 3.8) is 0 Å². The highest BCUT2D eigenvalue weighted by atomic mass is 16.5. The summed E-state index contributed by atoms with van der Waals surface area (Å²) in [4.78, 5) is 34.2. The van der Waals surface area contributed by atoms with E-state index in [1.165, 1.54) is 0 Å².